The third kappa shape index (κ3) is 38.4. The van der Waals surface area contributed by atoms with Crippen LogP contribution in [0.15, 0.2) is 234 Å². The summed E-state index contributed by atoms with van der Waals surface area (Å²) < 4.78 is 30.7. The van der Waals surface area contributed by atoms with Crippen LogP contribution < -0.4 is 53.9 Å². The van der Waals surface area contributed by atoms with Gasteiger partial charge in [-0.05, 0) is 254 Å². The van der Waals surface area contributed by atoms with Crippen molar-refractivity contribution in [1.82, 2.24) is 53.1 Å². The number of primary amides is 1. The van der Waals surface area contributed by atoms with Crippen molar-refractivity contribution >= 4 is 101 Å². The van der Waals surface area contributed by atoms with Crippen molar-refractivity contribution in [2.24, 2.45) is 28.5 Å². The Morgan fingerprint density at radius 3 is 1.13 bits per heavy atom. The highest BCUT2D eigenvalue weighted by Crippen LogP contribution is 2.17. The largest absolute Gasteiger partial charge is 0.467 e. The fourth-order valence-electron chi connectivity index (χ4n) is 11.8. The van der Waals surface area contributed by atoms with Gasteiger partial charge in [0, 0.05) is 84.7 Å². The van der Waals surface area contributed by atoms with Gasteiger partial charge in [-0.15, -0.1) is 0 Å². The number of furan rings is 5. The number of amides is 11. The molecule has 143 heavy (non-hydrogen) atoms. The Morgan fingerprint density at radius 1 is 0.413 bits per heavy atom. The number of nitrogens with zero attached hydrogens (tertiary/aromatic N) is 2. The van der Waals surface area contributed by atoms with Gasteiger partial charge < -0.3 is 84.9 Å². The standard InChI is InChI=1S/C23H23N3O5.C23H22N2O5.C22H20N2O5.C20H22N2O4.C19H21N3O5/c1-15(2)20(22(28)25-30)24-21(27)17-11-9-16(10-12-17)7-5-6-8-18-13-14-19(31-18)23(29)26(3)4;1-15(2)20(23(28)29-4)25-21(26)17-11-9-16(10-12-17)7-5-6-8-18-13-14-19(30-18)22(27)24-3;1-3-18(26)20(14(2)25)24-22(28)16-10-8-15(9-11-16)6-4-5-7-17-12-13-19(29-17)21(23)27;1-14(23)18(20(25)21-2)22-19(24)16-11-9-15(10-12-16)6-3-4-7-17-8-5-13-26-17;1-12(2)17(19(25)22-26)21-18(24)14-7-5-13(6-8-14)16(23)11-20-10-15-4-3-9-27-15/h9-15,20,30H,1-4H3,(H,24,27)(H,25,28);9-15,20H,1-4H3,(H,24,27)(H,25,26);8-14,20,25H,3H2,1-2H3,(H2,23,27)(H,24,28);3-14,18,23H,1-2H3,(H,21,25)(H,22,24);3-10,12,17,26H,11H2,1-2H3,(H,21,24)(H,22,25)/b;;;6-3+,7-4+;/t2*20-;14-,20-;;/m000../s1. The van der Waals surface area contributed by atoms with Gasteiger partial charge in [0.05, 0.1) is 38.1 Å². The first kappa shape index (κ1) is 114. The first-order valence-electron chi connectivity index (χ1n) is 44.0. The molecule has 740 valence electrons. The Balaban J connectivity index is 0.000000274. The Kier molecular flexibility index (Phi) is 46.9. The number of Topliss-reactive ketones (excluding diaryl/α,β-unsaturated/α-hetero) is 2. The molecule has 0 bridgehead atoms. The van der Waals surface area contributed by atoms with Crippen LogP contribution in [-0.4, -0.2) is 199 Å². The number of hydroxylamine groups is 2. The number of likely N-dealkylation sites (N-methyl/N-ethyl adjacent to an activating group) is 1. The lowest BCUT2D eigenvalue weighted by molar-refractivity contribution is -0.144. The topological polar surface area (TPSA) is 545 Å². The highest BCUT2D eigenvalue weighted by atomic mass is 16.5. The molecule has 3 unspecified atom stereocenters. The molecule has 15 N–H and O–H groups in total. The summed E-state index contributed by atoms with van der Waals surface area (Å²) in [5.74, 6) is 28.5. The first-order valence-corrected chi connectivity index (χ1v) is 44.0. The third-order valence-electron chi connectivity index (χ3n) is 19.6. The van der Waals surface area contributed by atoms with Gasteiger partial charge in [0.1, 0.15) is 48.3 Å². The van der Waals surface area contributed by atoms with Gasteiger partial charge in [0.15, 0.2) is 46.1 Å². The fraction of sp³-hybridized carbons (Fsp3) is 0.243. The summed E-state index contributed by atoms with van der Waals surface area (Å²) in [6.45, 7) is 15.2. The van der Waals surface area contributed by atoms with E-state index < -0.39 is 95.6 Å². The summed E-state index contributed by atoms with van der Waals surface area (Å²) in [5.41, 5.74) is 13.2. The van der Waals surface area contributed by atoms with E-state index >= 15 is 0 Å². The molecule has 5 aromatic heterocycles. The van der Waals surface area contributed by atoms with E-state index in [4.69, 9.17) is 43.0 Å². The quantitative estimate of drug-likeness (QED) is 0.00366. The van der Waals surface area contributed by atoms with Gasteiger partial charge in [0.25, 0.3) is 59.1 Å². The summed E-state index contributed by atoms with van der Waals surface area (Å²) in [7, 11) is 7.51. The molecule has 10 aromatic rings. The van der Waals surface area contributed by atoms with Gasteiger partial charge in [-0.2, -0.15) is 0 Å². The zero-order valence-electron chi connectivity index (χ0n) is 80.5. The molecule has 0 aliphatic carbocycles. The molecule has 36 nitrogen and oxygen atoms in total. The Morgan fingerprint density at radius 2 is 0.769 bits per heavy atom. The van der Waals surface area contributed by atoms with Crippen LogP contribution >= 0.6 is 0 Å². The van der Waals surface area contributed by atoms with Crippen molar-refractivity contribution in [3.05, 3.63) is 308 Å². The molecule has 0 aliphatic heterocycles. The zero-order valence-corrected chi connectivity index (χ0v) is 80.5. The van der Waals surface area contributed by atoms with Crippen LogP contribution in [0.5, 0.6) is 0 Å². The molecule has 0 fully saturated rings. The molecule has 7 atom stereocenters. The number of benzene rings is 5. The van der Waals surface area contributed by atoms with Crippen molar-refractivity contribution in [1.29, 1.82) is 0 Å². The number of aliphatic hydroxyl groups is 2. The van der Waals surface area contributed by atoms with Crippen LogP contribution in [0.25, 0.3) is 12.2 Å². The van der Waals surface area contributed by atoms with Gasteiger partial charge in [0.2, 0.25) is 5.91 Å². The maximum atomic E-state index is 12.4. The summed E-state index contributed by atoms with van der Waals surface area (Å²) in [6, 6.07) is 44.4. The van der Waals surface area contributed by atoms with Crippen molar-refractivity contribution in [3.63, 3.8) is 0 Å². The Bertz CT molecular complexity index is 6570. The number of hydrogen-bond donors (Lipinski definition) is 14. The number of ether oxygens (including phenoxy) is 1. The molecular formula is C107H108N12O24. The van der Waals surface area contributed by atoms with Gasteiger partial charge in [-0.3, -0.25) is 77.7 Å². The van der Waals surface area contributed by atoms with Crippen LogP contribution in [0.4, 0.5) is 0 Å². The Hall–Kier alpha value is -18.2. The summed E-state index contributed by atoms with van der Waals surface area (Å²) in [6.07, 6.45) is 10.3. The maximum absolute atomic E-state index is 12.4. The number of allylic oxidation sites excluding steroid dienone is 2. The lowest BCUT2D eigenvalue weighted by atomic mass is 10.0. The smallest absolute Gasteiger partial charge is 0.328 e. The lowest BCUT2D eigenvalue weighted by Crippen LogP contribution is -2.51. The van der Waals surface area contributed by atoms with E-state index in [1.54, 1.807) is 188 Å². The van der Waals surface area contributed by atoms with E-state index in [-0.39, 0.29) is 83.0 Å². The summed E-state index contributed by atoms with van der Waals surface area (Å²) >= 11 is 0. The Labute approximate surface area is 825 Å². The second-order valence-corrected chi connectivity index (χ2v) is 31.6. The van der Waals surface area contributed by atoms with Crippen LogP contribution in [-0.2, 0) is 28.7 Å². The molecule has 0 saturated carbocycles. The predicted molar refractivity (Wildman–Crippen MR) is 527 cm³/mol. The summed E-state index contributed by atoms with van der Waals surface area (Å²) in [5, 5.41) is 54.7. The monoisotopic (exact) mass is 1940 g/mol. The van der Waals surface area contributed by atoms with Crippen LogP contribution in [0, 0.1) is 88.8 Å². The van der Waals surface area contributed by atoms with E-state index in [2.05, 4.69) is 113 Å². The van der Waals surface area contributed by atoms with E-state index in [1.807, 2.05) is 50.3 Å². The minimum absolute atomic E-state index is 0.0228. The molecule has 0 radical (unpaired) electrons. The molecule has 0 aliphatic rings. The number of nitrogens with two attached hydrogens (primary N) is 1. The number of aliphatic imine (C=N–C) groups is 1. The second-order valence-electron chi connectivity index (χ2n) is 31.6. The molecule has 11 amide bonds. The number of carbonyl (C=O) groups excluding carboxylic acids is 14. The minimum atomic E-state index is -1.00. The van der Waals surface area contributed by atoms with Crippen LogP contribution in [0.2, 0.25) is 0 Å². The number of ketones is 2. The van der Waals surface area contributed by atoms with E-state index in [0.29, 0.717) is 67.4 Å². The number of nitrogens with one attached hydrogen (secondary N) is 9. The lowest BCUT2D eigenvalue weighted by Gasteiger charge is -2.20. The van der Waals surface area contributed by atoms with Gasteiger partial charge >= 0.3 is 5.97 Å². The number of methoxy groups -OCH3 is 1. The molecule has 0 saturated heterocycles. The fourth-order valence-corrected chi connectivity index (χ4v) is 11.8. The molecule has 5 aromatic carbocycles. The highest BCUT2D eigenvalue weighted by Gasteiger charge is 2.30. The zero-order chi connectivity index (χ0) is 105. The van der Waals surface area contributed by atoms with Crippen molar-refractivity contribution < 1.29 is 115 Å². The first-order chi connectivity index (χ1) is 68.3. The van der Waals surface area contributed by atoms with Crippen LogP contribution in [0.3, 0.4) is 0 Å². The molecular weight excluding hydrogens is 1840 g/mol. The van der Waals surface area contributed by atoms with E-state index in [9.17, 15) is 77.3 Å². The molecule has 36 heteroatoms. The predicted octanol–water partition coefficient (Wildman–Crippen LogP) is 8.93. The van der Waals surface area contributed by atoms with Crippen molar-refractivity contribution in [2.75, 3.05) is 41.8 Å². The summed E-state index contributed by atoms with van der Waals surface area (Å²) in [4.78, 5) is 172. The molecule has 10 rings (SSSR count). The van der Waals surface area contributed by atoms with Crippen molar-refractivity contribution in [2.45, 2.75) is 111 Å². The number of hydrogen-bond acceptors (Lipinski definition) is 25. The average molecular weight is 1950 g/mol. The normalized spacial score (nSPS) is 11.8. The molecule has 0 spiro atoms. The van der Waals surface area contributed by atoms with Gasteiger partial charge in [-0.1, -0.05) is 109 Å². The maximum Gasteiger partial charge on any atom is 0.328 e. The SMILES string of the molecule is CC(C)C(NC(=O)c1ccc(C(=O)CN=Cc2ccco2)cc1)C(=O)NO.CC(C)[C@H](NC(=O)c1ccc(C#CC#Cc2ccc(C(=O)N(C)C)o2)cc1)C(=O)NO.CCC(=O)[C@@H](NC(=O)c1ccc(C#CC#Cc2ccc(C(N)=O)o2)cc1)[C@H](C)O.CNC(=O)C(NC(=O)c1ccc(/C=C/C=C/c2ccco2)cc1)C(C)O.CNC(=O)c1ccc(C#CC#Cc2ccc(C(=O)N[C@H](C(=O)OC)C(C)C)cc2)o1. The average Bonchev–Trinajstić information content (AvgIpc) is 1.25. The van der Waals surface area contributed by atoms with Gasteiger partial charge in [-0.25, -0.2) is 15.8 Å². The second kappa shape index (κ2) is 59.1. The van der Waals surface area contributed by atoms with Crippen LogP contribution in [0.1, 0.15) is 214 Å². The van der Waals surface area contributed by atoms with Crippen molar-refractivity contribution in [3.8, 4) is 71.0 Å². The third-order valence-corrected chi connectivity index (χ3v) is 19.6. The van der Waals surface area contributed by atoms with E-state index in [0.717, 1.165) is 11.3 Å². The van der Waals surface area contributed by atoms with E-state index in [1.165, 1.54) is 100 Å². The highest BCUT2D eigenvalue weighted by molar-refractivity contribution is 6.03. The number of aliphatic hydroxyl groups excluding tert-OH is 2. The number of carbonyl (C=O) groups is 14. The number of rotatable bonds is 31. The number of esters is 1. The molecule has 5 heterocycles. The minimum Gasteiger partial charge on any atom is -0.467 e.